The van der Waals surface area contributed by atoms with Gasteiger partial charge in [-0.25, -0.2) is 0 Å². The quantitative estimate of drug-likeness (QED) is 0.682. The first-order valence-corrected chi connectivity index (χ1v) is 6.16. The minimum atomic E-state index is -0.170. The lowest BCUT2D eigenvalue weighted by Crippen LogP contribution is -2.09. The lowest BCUT2D eigenvalue weighted by Gasteiger charge is -2.06. The molecule has 0 saturated carbocycles. The number of ether oxygens (including phenoxy) is 1. The lowest BCUT2D eigenvalue weighted by atomic mass is 10.1. The fraction of sp³-hybridized carbons (Fsp3) is 0.143. The molecule has 102 valence electrons. The predicted molar refractivity (Wildman–Crippen MR) is 77.7 cm³/mol. The Balaban J connectivity index is 2.03. The third-order valence-corrected chi connectivity index (χ3v) is 3.02. The average Bonchev–Trinajstić information content (AvgIpc) is 2.84. The van der Waals surface area contributed by atoms with Gasteiger partial charge in [-0.2, -0.15) is 5.10 Å². The Morgan fingerprint density at radius 3 is 2.80 bits per heavy atom. The highest BCUT2D eigenvalue weighted by Gasteiger charge is 2.05. The highest BCUT2D eigenvalue weighted by Crippen LogP contribution is 2.20. The Morgan fingerprint density at radius 2 is 2.10 bits per heavy atom. The van der Waals surface area contributed by atoms with E-state index in [2.05, 4.69) is 20.5 Å². The molecule has 0 saturated heterocycles. The minimum absolute atomic E-state index is 0.170. The van der Waals surface area contributed by atoms with Crippen LogP contribution in [0.4, 0.5) is 11.6 Å². The number of rotatable bonds is 3. The number of aromatic amines is 2. The number of pyridine rings is 1. The summed E-state index contributed by atoms with van der Waals surface area (Å²) in [6, 6.07) is 9.11. The summed E-state index contributed by atoms with van der Waals surface area (Å²) in [6.45, 7) is 1.91. The summed E-state index contributed by atoms with van der Waals surface area (Å²) in [5.41, 5.74) is 0.775. The van der Waals surface area contributed by atoms with Crippen molar-refractivity contribution < 1.29 is 4.74 Å². The Morgan fingerprint density at radius 1 is 1.25 bits per heavy atom. The summed E-state index contributed by atoms with van der Waals surface area (Å²) >= 11 is 0. The van der Waals surface area contributed by atoms with Crippen molar-refractivity contribution in [2.24, 2.45) is 0 Å². The molecule has 3 rings (SSSR count). The van der Waals surface area contributed by atoms with E-state index in [-0.39, 0.29) is 5.56 Å². The maximum Gasteiger partial charge on any atom is 0.257 e. The zero-order valence-corrected chi connectivity index (χ0v) is 11.2. The van der Waals surface area contributed by atoms with E-state index in [9.17, 15) is 4.79 Å². The van der Waals surface area contributed by atoms with Crippen molar-refractivity contribution >= 4 is 22.4 Å². The monoisotopic (exact) mass is 270 g/mol. The number of nitrogens with one attached hydrogen (secondary N) is 3. The van der Waals surface area contributed by atoms with Crippen LogP contribution in [0.25, 0.3) is 10.8 Å². The molecule has 3 N–H and O–H groups in total. The van der Waals surface area contributed by atoms with Crippen molar-refractivity contribution in [3.63, 3.8) is 0 Å². The number of anilines is 2. The third kappa shape index (κ3) is 2.23. The van der Waals surface area contributed by atoms with E-state index in [0.717, 1.165) is 11.1 Å². The molecular formula is C14H14N4O2. The molecule has 0 radical (unpaired) electrons. The zero-order valence-electron chi connectivity index (χ0n) is 11.2. The first kappa shape index (κ1) is 12.3. The molecule has 0 aliphatic carbocycles. The van der Waals surface area contributed by atoms with Crippen molar-refractivity contribution in [1.29, 1.82) is 0 Å². The number of H-pyrrole nitrogens is 2. The molecule has 6 nitrogen and oxygen atoms in total. The second-order valence-electron chi connectivity index (χ2n) is 4.53. The molecule has 1 aromatic carbocycles. The molecule has 0 atom stereocenters. The van der Waals surface area contributed by atoms with Gasteiger partial charge < -0.3 is 15.0 Å². The Hall–Kier alpha value is -2.76. The van der Waals surface area contributed by atoms with Crippen molar-refractivity contribution in [3.05, 3.63) is 46.4 Å². The number of aryl methyl sites for hydroxylation is 1. The molecule has 0 aliphatic rings. The maximum atomic E-state index is 12.1. The van der Waals surface area contributed by atoms with Crippen LogP contribution in [0.3, 0.4) is 0 Å². The molecule has 3 aromatic rings. The molecular weight excluding hydrogens is 256 g/mol. The van der Waals surface area contributed by atoms with Gasteiger partial charge in [0.25, 0.3) is 5.56 Å². The van der Waals surface area contributed by atoms with E-state index < -0.39 is 0 Å². The summed E-state index contributed by atoms with van der Waals surface area (Å²) in [5.74, 6) is 1.91. The van der Waals surface area contributed by atoms with Crippen LogP contribution in [0.1, 0.15) is 5.69 Å². The smallest absolute Gasteiger partial charge is 0.257 e. The van der Waals surface area contributed by atoms with Gasteiger partial charge in [0, 0.05) is 11.8 Å². The summed E-state index contributed by atoms with van der Waals surface area (Å²) in [7, 11) is 1.57. The van der Waals surface area contributed by atoms with Crippen molar-refractivity contribution in [2.75, 3.05) is 12.4 Å². The van der Waals surface area contributed by atoms with E-state index in [1.54, 1.807) is 13.2 Å². The number of hydrogen-bond acceptors (Lipinski definition) is 4. The van der Waals surface area contributed by atoms with Gasteiger partial charge in [0.2, 0.25) is 0 Å². The largest absolute Gasteiger partial charge is 0.497 e. The van der Waals surface area contributed by atoms with Crippen LogP contribution in [0.15, 0.2) is 35.1 Å². The van der Waals surface area contributed by atoms with Crippen LogP contribution < -0.4 is 15.6 Å². The minimum Gasteiger partial charge on any atom is -0.497 e. The third-order valence-electron chi connectivity index (χ3n) is 3.02. The molecule has 20 heavy (non-hydrogen) atoms. The molecule has 0 fully saturated rings. The highest BCUT2D eigenvalue weighted by molar-refractivity contribution is 5.85. The fourth-order valence-electron chi connectivity index (χ4n) is 2.05. The van der Waals surface area contributed by atoms with Crippen LogP contribution in [0, 0.1) is 6.92 Å². The summed E-state index contributed by atoms with van der Waals surface area (Å²) < 4.78 is 5.12. The lowest BCUT2D eigenvalue weighted by molar-refractivity contribution is 0.415. The number of hydrogen-bond donors (Lipinski definition) is 3. The van der Waals surface area contributed by atoms with Gasteiger partial charge in [-0.15, -0.1) is 0 Å². The highest BCUT2D eigenvalue weighted by atomic mass is 16.5. The van der Waals surface area contributed by atoms with Gasteiger partial charge in [0.05, 0.1) is 12.5 Å². The van der Waals surface area contributed by atoms with E-state index in [4.69, 9.17) is 4.74 Å². The molecule has 0 aliphatic heterocycles. The number of benzene rings is 1. The number of aromatic nitrogens is 3. The Kier molecular flexibility index (Phi) is 2.90. The Bertz CT molecular complexity index is 819. The molecule has 0 spiro atoms. The van der Waals surface area contributed by atoms with E-state index in [0.29, 0.717) is 22.8 Å². The molecule has 2 heterocycles. The summed E-state index contributed by atoms with van der Waals surface area (Å²) in [5, 5.41) is 11.4. The second-order valence-corrected chi connectivity index (χ2v) is 4.53. The SMILES string of the molecule is COc1ccc2cc(Nc3cc(C)[nH]n3)[nH]c(=O)c2c1. The topological polar surface area (TPSA) is 82.8 Å². The number of nitrogens with zero attached hydrogens (tertiary/aromatic N) is 1. The molecule has 0 unspecified atom stereocenters. The number of fused-ring (bicyclic) bond motifs is 1. The van der Waals surface area contributed by atoms with Gasteiger partial charge in [0.1, 0.15) is 11.6 Å². The standard InChI is InChI=1S/C14H14N4O2/c1-8-5-13(18-17-8)15-12-6-9-3-4-10(20-2)7-11(9)14(19)16-12/h3-7H,1-2H3,(H3,15,16,17,18,19). The first-order valence-electron chi connectivity index (χ1n) is 6.16. The van der Waals surface area contributed by atoms with Crippen molar-refractivity contribution in [3.8, 4) is 5.75 Å². The fourth-order valence-corrected chi connectivity index (χ4v) is 2.05. The molecule has 2 aromatic heterocycles. The maximum absolute atomic E-state index is 12.1. The first-order chi connectivity index (χ1) is 9.65. The van der Waals surface area contributed by atoms with Gasteiger partial charge >= 0.3 is 0 Å². The van der Waals surface area contributed by atoms with Crippen molar-refractivity contribution in [2.45, 2.75) is 6.92 Å². The van der Waals surface area contributed by atoms with Gasteiger partial charge in [-0.05, 0) is 30.5 Å². The average molecular weight is 270 g/mol. The summed E-state index contributed by atoms with van der Waals surface area (Å²) in [4.78, 5) is 14.9. The number of methoxy groups -OCH3 is 1. The second kappa shape index (κ2) is 4.73. The van der Waals surface area contributed by atoms with Gasteiger partial charge in [-0.1, -0.05) is 6.07 Å². The van der Waals surface area contributed by atoms with Crippen molar-refractivity contribution in [1.82, 2.24) is 15.2 Å². The van der Waals surface area contributed by atoms with Gasteiger partial charge in [0.15, 0.2) is 5.82 Å². The van der Waals surface area contributed by atoms with E-state index in [1.807, 2.05) is 31.2 Å². The van der Waals surface area contributed by atoms with Crippen LogP contribution in [-0.2, 0) is 0 Å². The zero-order chi connectivity index (χ0) is 14.1. The molecule has 0 bridgehead atoms. The van der Waals surface area contributed by atoms with Gasteiger partial charge in [-0.3, -0.25) is 9.89 Å². The van der Waals surface area contributed by atoms with E-state index >= 15 is 0 Å². The predicted octanol–water partition coefficient (Wildman–Crippen LogP) is 2.31. The van der Waals surface area contributed by atoms with Crippen LogP contribution in [-0.4, -0.2) is 22.3 Å². The normalized spacial score (nSPS) is 10.7. The summed E-state index contributed by atoms with van der Waals surface area (Å²) in [6.07, 6.45) is 0. The molecule has 0 amide bonds. The van der Waals surface area contributed by atoms with Crippen LogP contribution >= 0.6 is 0 Å². The van der Waals surface area contributed by atoms with E-state index in [1.165, 1.54) is 0 Å². The molecule has 6 heteroatoms. The Labute approximate surface area is 114 Å². The van der Waals surface area contributed by atoms with Crippen LogP contribution in [0.5, 0.6) is 5.75 Å². The van der Waals surface area contributed by atoms with Crippen LogP contribution in [0.2, 0.25) is 0 Å².